The van der Waals surface area contributed by atoms with E-state index in [4.69, 9.17) is 9.47 Å². The average molecular weight is 309 g/mol. The van der Waals surface area contributed by atoms with Crippen molar-refractivity contribution in [2.45, 2.75) is 12.6 Å². The molecule has 0 saturated heterocycles. The minimum absolute atomic E-state index is 0.0206. The monoisotopic (exact) mass is 309 g/mol. The van der Waals surface area contributed by atoms with Crippen LogP contribution in [0.15, 0.2) is 35.7 Å². The van der Waals surface area contributed by atoms with Gasteiger partial charge < -0.3 is 14.8 Å². The van der Waals surface area contributed by atoms with E-state index in [1.165, 1.54) is 6.07 Å². The summed E-state index contributed by atoms with van der Waals surface area (Å²) in [5, 5.41) is 5.26. The van der Waals surface area contributed by atoms with Gasteiger partial charge in [0.25, 0.3) is 0 Å². The molecule has 0 aliphatic carbocycles. The lowest BCUT2D eigenvalue weighted by Gasteiger charge is -2.15. The Balaban J connectivity index is 1.97. The summed E-state index contributed by atoms with van der Waals surface area (Å²) >= 11 is 1.54. The van der Waals surface area contributed by atoms with Crippen molar-refractivity contribution >= 4 is 11.3 Å². The number of hydrogen-bond donors (Lipinski definition) is 1. The molecular weight excluding hydrogens is 289 g/mol. The summed E-state index contributed by atoms with van der Waals surface area (Å²) in [6, 6.07) is 9.08. The van der Waals surface area contributed by atoms with E-state index in [9.17, 15) is 4.39 Å². The maximum Gasteiger partial charge on any atom is 0.131 e. The van der Waals surface area contributed by atoms with Crippen LogP contribution in [0.4, 0.5) is 4.39 Å². The molecule has 21 heavy (non-hydrogen) atoms. The fraction of sp³-hybridized carbons (Fsp3) is 0.375. The van der Waals surface area contributed by atoms with Gasteiger partial charge in [-0.1, -0.05) is 12.1 Å². The molecule has 2 aromatic rings. The second-order valence-electron chi connectivity index (χ2n) is 4.74. The predicted molar refractivity (Wildman–Crippen MR) is 84.1 cm³/mol. The highest BCUT2D eigenvalue weighted by molar-refractivity contribution is 7.13. The standard InChI is InChI=1S/C16H20FNO2S/c1-19-11-13(20-2)10-18-9-12-5-6-15(17)14(8-12)16-4-3-7-21-16/h3-8,13,18H,9-11H2,1-2H3. The first-order valence-electron chi connectivity index (χ1n) is 6.79. The van der Waals surface area contributed by atoms with Crippen molar-refractivity contribution in [1.29, 1.82) is 0 Å². The maximum atomic E-state index is 13.9. The zero-order valence-corrected chi connectivity index (χ0v) is 13.1. The first kappa shape index (κ1) is 16.1. The number of halogens is 1. The van der Waals surface area contributed by atoms with E-state index < -0.39 is 0 Å². The van der Waals surface area contributed by atoms with Crippen molar-refractivity contribution in [2.75, 3.05) is 27.4 Å². The number of benzene rings is 1. The molecule has 0 aliphatic heterocycles. The molecule has 0 amide bonds. The highest BCUT2D eigenvalue weighted by Crippen LogP contribution is 2.28. The van der Waals surface area contributed by atoms with Gasteiger partial charge in [0.15, 0.2) is 0 Å². The first-order valence-corrected chi connectivity index (χ1v) is 7.67. The molecule has 0 radical (unpaired) electrons. The van der Waals surface area contributed by atoms with E-state index in [0.29, 0.717) is 25.3 Å². The molecular formula is C16H20FNO2S. The summed E-state index contributed by atoms with van der Waals surface area (Å²) < 4.78 is 24.2. The van der Waals surface area contributed by atoms with Crippen LogP contribution in [0.5, 0.6) is 0 Å². The molecule has 114 valence electrons. The Labute approximate surface area is 128 Å². The third-order valence-electron chi connectivity index (χ3n) is 3.20. The van der Waals surface area contributed by atoms with Crippen LogP contribution < -0.4 is 5.32 Å². The van der Waals surface area contributed by atoms with E-state index >= 15 is 0 Å². The van der Waals surface area contributed by atoms with E-state index in [1.54, 1.807) is 31.6 Å². The molecule has 1 heterocycles. The van der Waals surface area contributed by atoms with Crippen molar-refractivity contribution in [2.24, 2.45) is 0 Å². The summed E-state index contributed by atoms with van der Waals surface area (Å²) in [7, 11) is 3.32. The molecule has 1 unspecified atom stereocenters. The highest BCUT2D eigenvalue weighted by atomic mass is 32.1. The van der Waals surface area contributed by atoms with Crippen molar-refractivity contribution < 1.29 is 13.9 Å². The van der Waals surface area contributed by atoms with Gasteiger partial charge in [-0.25, -0.2) is 4.39 Å². The number of methoxy groups -OCH3 is 2. The van der Waals surface area contributed by atoms with Crippen molar-refractivity contribution in [3.8, 4) is 10.4 Å². The molecule has 2 rings (SSSR count). The Morgan fingerprint density at radius 1 is 1.29 bits per heavy atom. The Kier molecular flexibility index (Phi) is 6.32. The fourth-order valence-electron chi connectivity index (χ4n) is 2.08. The molecule has 0 spiro atoms. The second-order valence-corrected chi connectivity index (χ2v) is 5.68. The Bertz CT molecular complexity index is 545. The number of rotatable bonds is 8. The van der Waals surface area contributed by atoms with Gasteiger partial charge in [-0.15, -0.1) is 11.3 Å². The molecule has 1 aromatic heterocycles. The number of hydrogen-bond acceptors (Lipinski definition) is 4. The highest BCUT2D eigenvalue weighted by Gasteiger charge is 2.09. The van der Waals surface area contributed by atoms with Gasteiger partial charge in [-0.2, -0.15) is 0 Å². The van der Waals surface area contributed by atoms with Crippen LogP contribution in [-0.2, 0) is 16.0 Å². The third kappa shape index (κ3) is 4.61. The van der Waals surface area contributed by atoms with Crippen LogP contribution in [0.1, 0.15) is 5.56 Å². The molecule has 5 heteroatoms. The van der Waals surface area contributed by atoms with Crippen LogP contribution in [-0.4, -0.2) is 33.5 Å². The van der Waals surface area contributed by atoms with Gasteiger partial charge in [0.05, 0.1) is 12.7 Å². The first-order chi connectivity index (χ1) is 10.2. The summed E-state index contributed by atoms with van der Waals surface area (Å²) in [5.74, 6) is -0.185. The quantitative estimate of drug-likeness (QED) is 0.811. The summed E-state index contributed by atoms with van der Waals surface area (Å²) in [6.07, 6.45) is 0.0206. The molecule has 0 fully saturated rings. The minimum Gasteiger partial charge on any atom is -0.382 e. The zero-order chi connectivity index (χ0) is 15.1. The molecule has 3 nitrogen and oxygen atoms in total. The molecule has 0 saturated carbocycles. The Morgan fingerprint density at radius 2 is 2.14 bits per heavy atom. The van der Waals surface area contributed by atoms with Gasteiger partial charge in [0.1, 0.15) is 5.82 Å². The van der Waals surface area contributed by atoms with Crippen LogP contribution in [0.3, 0.4) is 0 Å². The van der Waals surface area contributed by atoms with Crippen molar-refractivity contribution in [3.05, 3.63) is 47.1 Å². The lowest BCUT2D eigenvalue weighted by molar-refractivity contribution is 0.0288. The van der Waals surface area contributed by atoms with E-state index in [2.05, 4.69) is 5.32 Å². The van der Waals surface area contributed by atoms with Crippen LogP contribution in [0.25, 0.3) is 10.4 Å². The predicted octanol–water partition coefficient (Wildman–Crippen LogP) is 3.31. The van der Waals surface area contributed by atoms with Crippen LogP contribution >= 0.6 is 11.3 Å². The lowest BCUT2D eigenvalue weighted by atomic mass is 10.1. The molecule has 0 bridgehead atoms. The van der Waals surface area contributed by atoms with Crippen molar-refractivity contribution in [3.63, 3.8) is 0 Å². The topological polar surface area (TPSA) is 30.5 Å². The smallest absolute Gasteiger partial charge is 0.131 e. The normalized spacial score (nSPS) is 12.5. The third-order valence-corrected chi connectivity index (χ3v) is 4.11. The summed E-state index contributed by atoms with van der Waals surface area (Å²) in [4.78, 5) is 0.948. The zero-order valence-electron chi connectivity index (χ0n) is 12.3. The van der Waals surface area contributed by atoms with Gasteiger partial charge in [-0.05, 0) is 29.1 Å². The number of ether oxygens (including phenoxy) is 2. The second kappa shape index (κ2) is 8.24. The van der Waals surface area contributed by atoms with Gasteiger partial charge in [0, 0.05) is 37.7 Å². The number of thiophene rings is 1. The average Bonchev–Trinajstić information content (AvgIpc) is 3.02. The van der Waals surface area contributed by atoms with Crippen LogP contribution in [0.2, 0.25) is 0 Å². The largest absolute Gasteiger partial charge is 0.382 e. The molecule has 0 aliphatic rings. The summed E-state index contributed by atoms with van der Waals surface area (Å²) in [6.45, 7) is 1.91. The summed E-state index contributed by atoms with van der Waals surface area (Å²) in [5.41, 5.74) is 1.71. The van der Waals surface area contributed by atoms with Gasteiger partial charge >= 0.3 is 0 Å². The SMILES string of the molecule is COCC(CNCc1ccc(F)c(-c2cccs2)c1)OC. The number of nitrogens with one attached hydrogen (secondary N) is 1. The Morgan fingerprint density at radius 3 is 2.81 bits per heavy atom. The van der Waals surface area contributed by atoms with Crippen molar-refractivity contribution in [1.82, 2.24) is 5.32 Å². The van der Waals surface area contributed by atoms with E-state index in [0.717, 1.165) is 10.4 Å². The maximum absolute atomic E-state index is 13.9. The molecule has 1 atom stereocenters. The fourth-order valence-corrected chi connectivity index (χ4v) is 2.82. The molecule has 1 N–H and O–H groups in total. The van der Waals surface area contributed by atoms with E-state index in [1.807, 2.05) is 23.6 Å². The van der Waals surface area contributed by atoms with E-state index in [-0.39, 0.29) is 11.9 Å². The van der Waals surface area contributed by atoms with Crippen LogP contribution in [0, 0.1) is 5.82 Å². The van der Waals surface area contributed by atoms with Gasteiger partial charge in [-0.3, -0.25) is 0 Å². The minimum atomic E-state index is -0.185. The molecule has 1 aromatic carbocycles. The van der Waals surface area contributed by atoms with Gasteiger partial charge in [0.2, 0.25) is 0 Å². The lowest BCUT2D eigenvalue weighted by Crippen LogP contribution is -2.31. The Hall–Kier alpha value is -1.27.